The Balaban J connectivity index is 2.56. The van der Waals surface area contributed by atoms with Crippen molar-refractivity contribution in [2.75, 3.05) is 6.61 Å². The average molecular weight is 216 g/mol. The van der Waals surface area contributed by atoms with Gasteiger partial charge in [0.05, 0.1) is 11.9 Å². The molecule has 0 saturated heterocycles. The number of hydrogen-bond donors (Lipinski definition) is 1. The topological polar surface area (TPSA) is 48.1 Å². The van der Waals surface area contributed by atoms with E-state index < -0.39 is 0 Å². The molecule has 1 heterocycles. The first-order chi connectivity index (χ1) is 7.80. The highest BCUT2D eigenvalue weighted by Crippen LogP contribution is 2.10. The quantitative estimate of drug-likeness (QED) is 0.742. The van der Waals surface area contributed by atoms with E-state index in [1.54, 1.807) is 18.3 Å². The van der Waals surface area contributed by atoms with Gasteiger partial charge in [0, 0.05) is 6.54 Å². The number of rotatable bonds is 6. The molecule has 0 aliphatic heterocycles. The van der Waals surface area contributed by atoms with Crippen LogP contribution in [-0.2, 0) is 6.54 Å². The Labute approximate surface area is 96.0 Å². The van der Waals surface area contributed by atoms with E-state index in [1.165, 1.54) is 0 Å². The monoisotopic (exact) mass is 216 g/mol. The number of allylic oxidation sites excluding steroid dienone is 2. The van der Waals surface area contributed by atoms with Crippen LogP contribution >= 0.6 is 0 Å². The first kappa shape index (κ1) is 12.2. The minimum absolute atomic E-state index is 0.439. The molecule has 2 N–H and O–H groups in total. The second-order valence-corrected chi connectivity index (χ2v) is 3.16. The van der Waals surface area contributed by atoms with Crippen molar-refractivity contribution in [3.8, 4) is 5.75 Å². The molecule has 0 spiro atoms. The number of nitrogens with two attached hydrogens (primary N) is 1. The molecule has 0 aliphatic carbocycles. The minimum atomic E-state index is 0.439. The fourth-order valence-corrected chi connectivity index (χ4v) is 1.11. The van der Waals surface area contributed by atoms with Gasteiger partial charge in [-0.05, 0) is 17.7 Å². The van der Waals surface area contributed by atoms with Crippen LogP contribution < -0.4 is 10.5 Å². The maximum Gasteiger partial charge on any atom is 0.138 e. The lowest BCUT2D eigenvalue weighted by atomic mass is 10.2. The summed E-state index contributed by atoms with van der Waals surface area (Å²) in [6, 6.07) is 3.70. The maximum atomic E-state index is 5.52. The summed E-state index contributed by atoms with van der Waals surface area (Å²) in [7, 11) is 0. The fraction of sp³-hybridized carbons (Fsp3) is 0.154. The summed E-state index contributed by atoms with van der Waals surface area (Å²) in [5, 5.41) is 0. The third-order valence-electron chi connectivity index (χ3n) is 2.01. The first-order valence-corrected chi connectivity index (χ1v) is 5.02. The highest BCUT2D eigenvalue weighted by Gasteiger charge is 1.96. The fourth-order valence-electron chi connectivity index (χ4n) is 1.11. The Hall–Kier alpha value is -1.87. The Morgan fingerprint density at radius 3 is 2.75 bits per heavy atom. The Bertz CT molecular complexity index is 379. The van der Waals surface area contributed by atoms with Crippen LogP contribution in [0.4, 0.5) is 0 Å². The summed E-state index contributed by atoms with van der Waals surface area (Å²) in [4.78, 5) is 4.13. The normalized spacial score (nSPS) is 10.9. The van der Waals surface area contributed by atoms with Gasteiger partial charge in [-0.2, -0.15) is 0 Å². The molecule has 1 aromatic heterocycles. The van der Waals surface area contributed by atoms with Crippen LogP contribution in [0.5, 0.6) is 5.75 Å². The van der Waals surface area contributed by atoms with Crippen LogP contribution in [0, 0.1) is 0 Å². The minimum Gasteiger partial charge on any atom is -0.487 e. The molecule has 0 aliphatic rings. The van der Waals surface area contributed by atoms with Gasteiger partial charge in [0.25, 0.3) is 0 Å². The van der Waals surface area contributed by atoms with Crippen molar-refractivity contribution < 1.29 is 4.74 Å². The average Bonchev–Trinajstić information content (AvgIpc) is 2.35. The Kier molecular flexibility index (Phi) is 5.02. The molecule has 84 valence electrons. The highest BCUT2D eigenvalue weighted by molar-refractivity contribution is 5.25. The number of nitrogens with zero attached hydrogens (tertiary/aromatic N) is 1. The van der Waals surface area contributed by atoms with E-state index in [2.05, 4.69) is 18.1 Å². The molecule has 0 radical (unpaired) electrons. The molecule has 16 heavy (non-hydrogen) atoms. The molecule has 3 heteroatoms. The lowest BCUT2D eigenvalue weighted by Crippen LogP contribution is -2.02. The zero-order chi connectivity index (χ0) is 11.8. The van der Waals surface area contributed by atoms with Crippen molar-refractivity contribution in [3.63, 3.8) is 0 Å². The van der Waals surface area contributed by atoms with Crippen LogP contribution in [0.2, 0.25) is 0 Å². The molecular weight excluding hydrogens is 200 g/mol. The smallest absolute Gasteiger partial charge is 0.138 e. The van der Waals surface area contributed by atoms with E-state index >= 15 is 0 Å². The zero-order valence-electron chi connectivity index (χ0n) is 9.23. The van der Waals surface area contributed by atoms with Crippen LogP contribution in [-0.4, -0.2) is 11.6 Å². The van der Waals surface area contributed by atoms with E-state index in [-0.39, 0.29) is 0 Å². The molecule has 0 saturated carbocycles. The first-order valence-electron chi connectivity index (χ1n) is 5.02. The second kappa shape index (κ2) is 6.58. The third kappa shape index (κ3) is 3.71. The summed E-state index contributed by atoms with van der Waals surface area (Å²) >= 11 is 0. The van der Waals surface area contributed by atoms with Gasteiger partial charge in [-0.15, -0.1) is 0 Å². The summed E-state index contributed by atoms with van der Waals surface area (Å²) in [5.74, 6) is 0.717. The molecule has 0 bridgehead atoms. The summed E-state index contributed by atoms with van der Waals surface area (Å²) in [6.07, 6.45) is 6.96. The number of pyridine rings is 1. The molecule has 1 rings (SSSR count). The predicted octanol–water partition coefficient (Wildman–Crippen LogP) is 2.22. The van der Waals surface area contributed by atoms with Crippen molar-refractivity contribution in [1.82, 2.24) is 4.98 Å². The lowest BCUT2D eigenvalue weighted by Gasteiger charge is -2.06. The van der Waals surface area contributed by atoms with Crippen molar-refractivity contribution in [2.24, 2.45) is 5.73 Å². The largest absolute Gasteiger partial charge is 0.487 e. The third-order valence-corrected chi connectivity index (χ3v) is 2.01. The molecule has 0 atom stereocenters. The van der Waals surface area contributed by atoms with Gasteiger partial charge < -0.3 is 10.5 Å². The molecule has 3 nitrogen and oxygen atoms in total. The summed E-state index contributed by atoms with van der Waals surface area (Å²) in [5.41, 5.74) is 7.26. The number of ether oxygens (including phenoxy) is 1. The predicted molar refractivity (Wildman–Crippen MR) is 66.1 cm³/mol. The van der Waals surface area contributed by atoms with Gasteiger partial charge in [-0.25, -0.2) is 0 Å². The zero-order valence-corrected chi connectivity index (χ0v) is 9.23. The van der Waals surface area contributed by atoms with Gasteiger partial charge >= 0.3 is 0 Å². The van der Waals surface area contributed by atoms with Gasteiger partial charge in [0.15, 0.2) is 0 Å². The highest BCUT2D eigenvalue weighted by atomic mass is 16.5. The van der Waals surface area contributed by atoms with Gasteiger partial charge in [0.2, 0.25) is 0 Å². The van der Waals surface area contributed by atoms with Crippen molar-refractivity contribution in [3.05, 3.63) is 61.0 Å². The Morgan fingerprint density at radius 1 is 1.44 bits per heavy atom. The van der Waals surface area contributed by atoms with Crippen molar-refractivity contribution in [2.45, 2.75) is 6.54 Å². The van der Waals surface area contributed by atoms with Crippen LogP contribution in [0.3, 0.4) is 0 Å². The van der Waals surface area contributed by atoms with Crippen LogP contribution in [0.15, 0.2) is 55.3 Å². The summed E-state index contributed by atoms with van der Waals surface area (Å²) in [6.45, 7) is 8.21. The number of aromatic nitrogens is 1. The van der Waals surface area contributed by atoms with Crippen LogP contribution in [0.1, 0.15) is 5.69 Å². The van der Waals surface area contributed by atoms with Crippen LogP contribution in [0.25, 0.3) is 0 Å². The van der Waals surface area contributed by atoms with E-state index in [4.69, 9.17) is 10.5 Å². The van der Waals surface area contributed by atoms with Gasteiger partial charge in [0.1, 0.15) is 12.4 Å². The molecule has 0 amide bonds. The second-order valence-electron chi connectivity index (χ2n) is 3.16. The van der Waals surface area contributed by atoms with Gasteiger partial charge in [-0.1, -0.05) is 31.4 Å². The van der Waals surface area contributed by atoms with E-state index in [0.717, 1.165) is 11.3 Å². The van der Waals surface area contributed by atoms with Crippen molar-refractivity contribution in [1.29, 1.82) is 0 Å². The summed E-state index contributed by atoms with van der Waals surface area (Å²) < 4.78 is 5.52. The van der Waals surface area contributed by atoms with E-state index in [0.29, 0.717) is 18.9 Å². The lowest BCUT2D eigenvalue weighted by molar-refractivity contribution is 0.354. The Morgan fingerprint density at radius 2 is 2.25 bits per heavy atom. The molecule has 0 fully saturated rings. The molecule has 1 aromatic rings. The molecule has 0 aromatic carbocycles. The van der Waals surface area contributed by atoms with Crippen molar-refractivity contribution >= 4 is 0 Å². The standard InChI is InChI=1S/C13H16N2O/c1-3-5-11(4-2)10-16-13-7-6-12(8-14)15-9-13/h3-7,9H,1-2,8,10,14H2/b11-5+. The van der Waals surface area contributed by atoms with Gasteiger partial charge in [-0.3, -0.25) is 4.98 Å². The number of hydrogen-bond acceptors (Lipinski definition) is 3. The van der Waals surface area contributed by atoms with E-state index in [9.17, 15) is 0 Å². The molecular formula is C13H16N2O. The SMILES string of the molecule is C=C/C=C(\C=C)COc1ccc(CN)nc1. The molecule has 0 unspecified atom stereocenters. The van der Waals surface area contributed by atoms with E-state index in [1.807, 2.05) is 18.2 Å². The maximum absolute atomic E-state index is 5.52.